The monoisotopic (exact) mass is 313 g/mol. The third kappa shape index (κ3) is 3.42. The van der Waals surface area contributed by atoms with E-state index >= 15 is 0 Å². The second-order valence-electron chi connectivity index (χ2n) is 6.66. The Kier molecular flexibility index (Phi) is 4.71. The van der Waals surface area contributed by atoms with Crippen LogP contribution in [-0.2, 0) is 6.54 Å². The van der Waals surface area contributed by atoms with Crippen LogP contribution in [0.25, 0.3) is 0 Å². The Hall–Kier alpha value is -1.81. The minimum atomic E-state index is 0.574. The van der Waals surface area contributed by atoms with Crippen molar-refractivity contribution in [2.75, 3.05) is 18.0 Å². The molecule has 23 heavy (non-hydrogen) atoms. The molecule has 124 valence electrons. The molecule has 1 aliphatic heterocycles. The first-order valence-electron chi connectivity index (χ1n) is 8.52. The molecule has 4 nitrogen and oxygen atoms in total. The van der Waals surface area contributed by atoms with Crippen molar-refractivity contribution in [1.82, 2.24) is 10.5 Å². The first-order chi connectivity index (χ1) is 11.1. The maximum Gasteiger partial charge on any atom is 0.138 e. The molecule has 2 heterocycles. The molecule has 1 N–H and O–H groups in total. The van der Waals surface area contributed by atoms with Gasteiger partial charge in [0.15, 0.2) is 0 Å². The molecule has 0 unspecified atom stereocenters. The van der Waals surface area contributed by atoms with E-state index in [4.69, 9.17) is 4.52 Å². The van der Waals surface area contributed by atoms with Gasteiger partial charge in [0.2, 0.25) is 0 Å². The van der Waals surface area contributed by atoms with Crippen molar-refractivity contribution >= 4 is 5.69 Å². The Morgan fingerprint density at radius 1 is 1.17 bits per heavy atom. The van der Waals surface area contributed by atoms with Crippen molar-refractivity contribution in [3.63, 3.8) is 0 Å². The smallest absolute Gasteiger partial charge is 0.138 e. The summed E-state index contributed by atoms with van der Waals surface area (Å²) >= 11 is 0. The Labute approximate surface area is 138 Å². The number of hydrogen-bond acceptors (Lipinski definition) is 4. The molecule has 1 fully saturated rings. The van der Waals surface area contributed by atoms with Crippen LogP contribution in [0, 0.1) is 27.7 Å². The van der Waals surface area contributed by atoms with Gasteiger partial charge in [-0.3, -0.25) is 0 Å². The fourth-order valence-corrected chi connectivity index (χ4v) is 3.40. The summed E-state index contributed by atoms with van der Waals surface area (Å²) in [4.78, 5) is 2.52. The first-order valence-corrected chi connectivity index (χ1v) is 8.52. The van der Waals surface area contributed by atoms with Gasteiger partial charge in [-0.1, -0.05) is 17.3 Å². The van der Waals surface area contributed by atoms with Crippen LogP contribution in [0.3, 0.4) is 0 Å². The molecule has 1 aliphatic rings. The van der Waals surface area contributed by atoms with Crippen LogP contribution < -0.4 is 10.2 Å². The number of anilines is 1. The third-order valence-corrected chi connectivity index (χ3v) is 5.16. The molecule has 1 aromatic carbocycles. The molecule has 0 saturated carbocycles. The maximum absolute atomic E-state index is 5.24. The molecular formula is C19H27N3O. The SMILES string of the molecule is Cc1cccc(N2CCC(NCc3c(C)noc3C)CC2)c1C. The first kappa shape index (κ1) is 16.1. The predicted octanol–water partition coefficient (Wildman–Crippen LogP) is 3.67. The van der Waals surface area contributed by atoms with Crippen LogP contribution in [0.1, 0.15) is 41.0 Å². The zero-order chi connectivity index (χ0) is 16.4. The van der Waals surface area contributed by atoms with Gasteiger partial charge < -0.3 is 14.7 Å². The van der Waals surface area contributed by atoms with Gasteiger partial charge in [0.25, 0.3) is 0 Å². The van der Waals surface area contributed by atoms with Crippen molar-refractivity contribution in [1.29, 1.82) is 0 Å². The van der Waals surface area contributed by atoms with Crippen LogP contribution in [0.15, 0.2) is 22.7 Å². The van der Waals surface area contributed by atoms with Crippen LogP contribution in [0.4, 0.5) is 5.69 Å². The van der Waals surface area contributed by atoms with Gasteiger partial charge in [-0.2, -0.15) is 0 Å². The van der Waals surface area contributed by atoms with Gasteiger partial charge in [-0.25, -0.2) is 0 Å². The summed E-state index contributed by atoms with van der Waals surface area (Å²) in [6.45, 7) is 11.5. The highest BCUT2D eigenvalue weighted by Gasteiger charge is 2.21. The van der Waals surface area contributed by atoms with Crippen LogP contribution in [0.5, 0.6) is 0 Å². The Balaban J connectivity index is 1.55. The van der Waals surface area contributed by atoms with E-state index in [1.54, 1.807) is 0 Å². The van der Waals surface area contributed by atoms with Gasteiger partial charge in [-0.15, -0.1) is 0 Å². The summed E-state index contributed by atoms with van der Waals surface area (Å²) in [5.74, 6) is 0.933. The third-order valence-electron chi connectivity index (χ3n) is 5.16. The van der Waals surface area contributed by atoms with E-state index in [1.165, 1.54) is 35.2 Å². The van der Waals surface area contributed by atoms with Crippen molar-refractivity contribution < 1.29 is 4.52 Å². The number of hydrogen-bond donors (Lipinski definition) is 1. The highest BCUT2D eigenvalue weighted by molar-refractivity contribution is 5.56. The predicted molar refractivity (Wildman–Crippen MR) is 94.0 cm³/mol. The van der Waals surface area contributed by atoms with Crippen molar-refractivity contribution in [2.45, 2.75) is 53.1 Å². The highest BCUT2D eigenvalue weighted by atomic mass is 16.5. The van der Waals surface area contributed by atoms with Crippen molar-refractivity contribution in [3.05, 3.63) is 46.3 Å². The summed E-state index contributed by atoms with van der Waals surface area (Å²) in [6.07, 6.45) is 2.35. The lowest BCUT2D eigenvalue weighted by molar-refractivity contribution is 0.388. The number of nitrogens with one attached hydrogen (secondary N) is 1. The van der Waals surface area contributed by atoms with E-state index in [9.17, 15) is 0 Å². The number of nitrogens with zero attached hydrogens (tertiary/aromatic N) is 2. The molecule has 0 bridgehead atoms. The fourth-order valence-electron chi connectivity index (χ4n) is 3.40. The zero-order valence-electron chi connectivity index (χ0n) is 14.6. The minimum absolute atomic E-state index is 0.574. The van der Waals surface area contributed by atoms with Gasteiger partial charge in [0.05, 0.1) is 5.69 Å². The summed E-state index contributed by atoms with van der Waals surface area (Å²) in [5, 5.41) is 7.70. The number of rotatable bonds is 4. The normalized spacial score (nSPS) is 16.1. The van der Waals surface area contributed by atoms with Gasteiger partial charge in [-0.05, 0) is 57.7 Å². The molecular weight excluding hydrogens is 286 g/mol. The lowest BCUT2D eigenvalue weighted by Gasteiger charge is -2.35. The number of aromatic nitrogens is 1. The van der Waals surface area contributed by atoms with E-state index in [-0.39, 0.29) is 0 Å². The summed E-state index contributed by atoms with van der Waals surface area (Å²) in [7, 11) is 0. The topological polar surface area (TPSA) is 41.3 Å². The van der Waals surface area contributed by atoms with Crippen LogP contribution in [-0.4, -0.2) is 24.3 Å². The van der Waals surface area contributed by atoms with E-state index < -0.39 is 0 Å². The standard InChI is InChI=1S/C19H27N3O/c1-13-6-5-7-19(14(13)2)22-10-8-17(9-11-22)20-12-18-15(3)21-23-16(18)4/h5-7,17,20H,8-12H2,1-4H3. The molecule has 2 aromatic rings. The molecule has 0 spiro atoms. The van der Waals surface area contributed by atoms with Crippen molar-refractivity contribution in [2.24, 2.45) is 0 Å². The van der Waals surface area contributed by atoms with Crippen molar-refractivity contribution in [3.8, 4) is 0 Å². The highest BCUT2D eigenvalue weighted by Crippen LogP contribution is 2.26. The van der Waals surface area contributed by atoms with Gasteiger partial charge in [0.1, 0.15) is 5.76 Å². The van der Waals surface area contributed by atoms with E-state index in [0.717, 1.165) is 31.1 Å². The van der Waals surface area contributed by atoms with Gasteiger partial charge in [0, 0.05) is 36.9 Å². The summed E-state index contributed by atoms with van der Waals surface area (Å²) in [5.41, 5.74) is 6.40. The summed E-state index contributed by atoms with van der Waals surface area (Å²) in [6, 6.07) is 7.18. The minimum Gasteiger partial charge on any atom is -0.371 e. The maximum atomic E-state index is 5.24. The van der Waals surface area contributed by atoms with Crippen LogP contribution in [0.2, 0.25) is 0 Å². The van der Waals surface area contributed by atoms with E-state index in [0.29, 0.717) is 6.04 Å². The molecule has 0 aliphatic carbocycles. The number of piperidine rings is 1. The average Bonchev–Trinajstić information content (AvgIpc) is 2.87. The molecule has 0 amide bonds. The zero-order valence-corrected chi connectivity index (χ0v) is 14.6. The van der Waals surface area contributed by atoms with E-state index in [2.05, 4.69) is 47.4 Å². The lowest BCUT2D eigenvalue weighted by Crippen LogP contribution is -2.42. The average molecular weight is 313 g/mol. The second kappa shape index (κ2) is 6.75. The summed E-state index contributed by atoms with van der Waals surface area (Å²) < 4.78 is 5.24. The quantitative estimate of drug-likeness (QED) is 0.935. The number of aryl methyl sites for hydroxylation is 3. The molecule has 0 radical (unpaired) electrons. The molecule has 1 saturated heterocycles. The molecule has 3 rings (SSSR count). The van der Waals surface area contributed by atoms with Crippen LogP contribution >= 0.6 is 0 Å². The largest absolute Gasteiger partial charge is 0.371 e. The molecule has 0 atom stereocenters. The molecule has 4 heteroatoms. The number of benzene rings is 1. The lowest BCUT2D eigenvalue weighted by atomic mass is 10.0. The Morgan fingerprint density at radius 2 is 1.91 bits per heavy atom. The van der Waals surface area contributed by atoms with E-state index in [1.807, 2.05) is 13.8 Å². The van der Waals surface area contributed by atoms with Gasteiger partial charge >= 0.3 is 0 Å². The Bertz CT molecular complexity index is 650. The fraction of sp³-hybridized carbons (Fsp3) is 0.526. The molecule has 1 aromatic heterocycles. The second-order valence-corrected chi connectivity index (χ2v) is 6.66. The Morgan fingerprint density at radius 3 is 2.57 bits per heavy atom.